The summed E-state index contributed by atoms with van der Waals surface area (Å²) >= 11 is 0. The third kappa shape index (κ3) is 5.57. The highest BCUT2D eigenvalue weighted by Crippen LogP contribution is 2.08. The zero-order valence-electron chi connectivity index (χ0n) is 9.67. The van der Waals surface area contributed by atoms with Crippen molar-refractivity contribution in [3.05, 3.63) is 12.2 Å². The van der Waals surface area contributed by atoms with E-state index in [1.807, 2.05) is 6.92 Å². The molecule has 1 fully saturated rings. The number of carbonyl (C=O) groups excluding carboxylic acids is 1. The van der Waals surface area contributed by atoms with Crippen molar-refractivity contribution in [2.45, 2.75) is 32.6 Å². The molecule has 0 aromatic rings. The summed E-state index contributed by atoms with van der Waals surface area (Å²) in [6.45, 7) is 6.00. The first-order chi connectivity index (χ1) is 7.33. The van der Waals surface area contributed by atoms with Crippen molar-refractivity contribution in [2.75, 3.05) is 26.2 Å². The van der Waals surface area contributed by atoms with Gasteiger partial charge < -0.3 is 10.2 Å². The van der Waals surface area contributed by atoms with Crippen LogP contribution in [0.4, 0.5) is 0 Å². The standard InChI is InChI=1S/C12H22N2O/c1-2-7-12(15)13-8-11-14-9-5-3-4-6-10-14/h2,7H,3-6,8-11H2,1H3,(H,13,15). The summed E-state index contributed by atoms with van der Waals surface area (Å²) in [5.41, 5.74) is 0. The van der Waals surface area contributed by atoms with E-state index >= 15 is 0 Å². The van der Waals surface area contributed by atoms with Crippen molar-refractivity contribution < 1.29 is 4.79 Å². The van der Waals surface area contributed by atoms with Gasteiger partial charge in [0.25, 0.3) is 0 Å². The maximum atomic E-state index is 11.1. The van der Waals surface area contributed by atoms with Gasteiger partial charge in [-0.2, -0.15) is 0 Å². The molecular formula is C12H22N2O. The highest BCUT2D eigenvalue weighted by molar-refractivity contribution is 5.87. The van der Waals surface area contributed by atoms with Gasteiger partial charge in [-0.25, -0.2) is 0 Å². The molecule has 0 bridgehead atoms. The van der Waals surface area contributed by atoms with Crippen LogP contribution in [-0.4, -0.2) is 37.0 Å². The Labute approximate surface area is 92.5 Å². The summed E-state index contributed by atoms with van der Waals surface area (Å²) in [6, 6.07) is 0. The molecule has 0 aromatic carbocycles. The Morgan fingerprint density at radius 2 is 1.93 bits per heavy atom. The summed E-state index contributed by atoms with van der Waals surface area (Å²) in [6.07, 6.45) is 8.68. The second-order valence-corrected chi connectivity index (χ2v) is 4.05. The van der Waals surface area contributed by atoms with E-state index in [0.717, 1.165) is 13.1 Å². The summed E-state index contributed by atoms with van der Waals surface area (Å²) in [7, 11) is 0. The Hall–Kier alpha value is -0.830. The molecule has 0 spiro atoms. The topological polar surface area (TPSA) is 32.3 Å². The second kappa shape index (κ2) is 7.46. The SMILES string of the molecule is CC=CC(=O)NCCN1CCCCCC1. The van der Waals surface area contributed by atoms with Crippen LogP contribution in [0.15, 0.2) is 12.2 Å². The predicted octanol–water partition coefficient (Wildman–Crippen LogP) is 1.55. The average molecular weight is 210 g/mol. The number of nitrogens with one attached hydrogen (secondary N) is 1. The van der Waals surface area contributed by atoms with Gasteiger partial charge >= 0.3 is 0 Å². The van der Waals surface area contributed by atoms with Crippen LogP contribution < -0.4 is 5.32 Å². The lowest BCUT2D eigenvalue weighted by molar-refractivity contribution is -0.116. The third-order valence-corrected chi connectivity index (χ3v) is 2.74. The van der Waals surface area contributed by atoms with Crippen LogP contribution in [0, 0.1) is 0 Å². The molecule has 1 rings (SSSR count). The summed E-state index contributed by atoms with van der Waals surface area (Å²) in [5, 5.41) is 2.88. The van der Waals surface area contributed by atoms with Crippen LogP contribution >= 0.6 is 0 Å². The van der Waals surface area contributed by atoms with E-state index in [9.17, 15) is 4.79 Å². The first-order valence-electron chi connectivity index (χ1n) is 5.96. The first kappa shape index (κ1) is 12.2. The molecule has 1 aliphatic rings. The highest BCUT2D eigenvalue weighted by Gasteiger charge is 2.08. The molecule has 86 valence electrons. The average Bonchev–Trinajstić information content (AvgIpc) is 2.47. The molecule has 15 heavy (non-hydrogen) atoms. The number of hydrogen-bond donors (Lipinski definition) is 1. The van der Waals surface area contributed by atoms with E-state index in [0.29, 0.717) is 0 Å². The molecule has 0 aliphatic carbocycles. The molecule has 1 saturated heterocycles. The van der Waals surface area contributed by atoms with Crippen LogP contribution in [0.5, 0.6) is 0 Å². The molecule has 0 saturated carbocycles. The van der Waals surface area contributed by atoms with Crippen LogP contribution in [0.1, 0.15) is 32.6 Å². The Balaban J connectivity index is 2.10. The Morgan fingerprint density at radius 1 is 1.27 bits per heavy atom. The molecule has 1 amide bonds. The minimum absolute atomic E-state index is 0.0207. The molecule has 0 radical (unpaired) electrons. The van der Waals surface area contributed by atoms with Crippen molar-refractivity contribution in [3.63, 3.8) is 0 Å². The van der Waals surface area contributed by atoms with E-state index in [2.05, 4.69) is 10.2 Å². The van der Waals surface area contributed by atoms with Gasteiger partial charge in [-0.1, -0.05) is 18.9 Å². The first-order valence-corrected chi connectivity index (χ1v) is 5.96. The van der Waals surface area contributed by atoms with E-state index < -0.39 is 0 Å². The van der Waals surface area contributed by atoms with Gasteiger partial charge in [0.15, 0.2) is 0 Å². The van der Waals surface area contributed by atoms with Gasteiger partial charge in [0.05, 0.1) is 0 Å². The number of rotatable bonds is 4. The number of likely N-dealkylation sites (tertiary alicyclic amines) is 1. The Morgan fingerprint density at radius 3 is 2.53 bits per heavy atom. The molecule has 1 N–H and O–H groups in total. The van der Waals surface area contributed by atoms with Crippen LogP contribution in [0.2, 0.25) is 0 Å². The third-order valence-electron chi connectivity index (χ3n) is 2.74. The normalized spacial score (nSPS) is 19.0. The lowest BCUT2D eigenvalue weighted by Gasteiger charge is -2.19. The number of nitrogens with zero attached hydrogens (tertiary/aromatic N) is 1. The maximum Gasteiger partial charge on any atom is 0.243 e. The quantitative estimate of drug-likeness (QED) is 0.714. The molecule has 1 heterocycles. The minimum atomic E-state index is 0.0207. The van der Waals surface area contributed by atoms with Gasteiger partial charge in [0.2, 0.25) is 5.91 Å². The minimum Gasteiger partial charge on any atom is -0.351 e. The van der Waals surface area contributed by atoms with Crippen molar-refractivity contribution in [3.8, 4) is 0 Å². The summed E-state index contributed by atoms with van der Waals surface area (Å²) in [5.74, 6) is 0.0207. The summed E-state index contributed by atoms with van der Waals surface area (Å²) < 4.78 is 0. The van der Waals surface area contributed by atoms with Crippen molar-refractivity contribution >= 4 is 5.91 Å². The lowest BCUT2D eigenvalue weighted by Crippen LogP contribution is -2.34. The van der Waals surface area contributed by atoms with Gasteiger partial charge in [-0.05, 0) is 38.9 Å². The molecule has 0 aromatic heterocycles. The van der Waals surface area contributed by atoms with Crippen LogP contribution in [0.25, 0.3) is 0 Å². The summed E-state index contributed by atoms with van der Waals surface area (Å²) in [4.78, 5) is 13.6. The number of carbonyl (C=O) groups is 1. The second-order valence-electron chi connectivity index (χ2n) is 4.05. The van der Waals surface area contributed by atoms with E-state index in [4.69, 9.17) is 0 Å². The fraction of sp³-hybridized carbons (Fsp3) is 0.750. The number of hydrogen-bond acceptors (Lipinski definition) is 2. The van der Waals surface area contributed by atoms with Gasteiger partial charge in [0, 0.05) is 13.1 Å². The predicted molar refractivity (Wildman–Crippen MR) is 62.7 cm³/mol. The van der Waals surface area contributed by atoms with Gasteiger partial charge in [-0.15, -0.1) is 0 Å². The van der Waals surface area contributed by atoms with Gasteiger partial charge in [-0.3, -0.25) is 4.79 Å². The molecule has 0 atom stereocenters. The number of allylic oxidation sites excluding steroid dienone is 1. The maximum absolute atomic E-state index is 11.1. The van der Waals surface area contributed by atoms with E-state index in [1.54, 1.807) is 12.2 Å². The molecule has 3 heteroatoms. The largest absolute Gasteiger partial charge is 0.351 e. The molecule has 1 aliphatic heterocycles. The Bertz CT molecular complexity index is 206. The smallest absolute Gasteiger partial charge is 0.243 e. The monoisotopic (exact) mass is 210 g/mol. The number of amides is 1. The zero-order chi connectivity index (χ0) is 10.9. The van der Waals surface area contributed by atoms with E-state index in [-0.39, 0.29) is 5.91 Å². The molecule has 0 unspecified atom stereocenters. The van der Waals surface area contributed by atoms with Gasteiger partial charge in [0.1, 0.15) is 0 Å². The zero-order valence-corrected chi connectivity index (χ0v) is 9.67. The molecule has 3 nitrogen and oxygen atoms in total. The van der Waals surface area contributed by atoms with Crippen LogP contribution in [-0.2, 0) is 4.79 Å². The van der Waals surface area contributed by atoms with Crippen LogP contribution in [0.3, 0.4) is 0 Å². The fourth-order valence-corrected chi connectivity index (χ4v) is 1.91. The van der Waals surface area contributed by atoms with E-state index in [1.165, 1.54) is 38.8 Å². The Kier molecular flexibility index (Phi) is 6.09. The highest BCUT2D eigenvalue weighted by atomic mass is 16.1. The molecular weight excluding hydrogens is 188 g/mol. The van der Waals surface area contributed by atoms with Crippen molar-refractivity contribution in [1.82, 2.24) is 10.2 Å². The fourth-order valence-electron chi connectivity index (χ4n) is 1.91. The van der Waals surface area contributed by atoms with Crippen molar-refractivity contribution in [2.24, 2.45) is 0 Å². The lowest BCUT2D eigenvalue weighted by atomic mass is 10.2. The van der Waals surface area contributed by atoms with Crippen molar-refractivity contribution in [1.29, 1.82) is 0 Å².